The summed E-state index contributed by atoms with van der Waals surface area (Å²) in [7, 11) is -3.69. The zero-order valence-electron chi connectivity index (χ0n) is 10.2. The van der Waals surface area contributed by atoms with Crippen LogP contribution in [0.4, 0.5) is 5.13 Å². The van der Waals surface area contributed by atoms with E-state index in [0.29, 0.717) is 5.69 Å². The minimum atomic E-state index is -3.69. The van der Waals surface area contributed by atoms with Crippen LogP contribution in [-0.2, 0) is 23.0 Å². The van der Waals surface area contributed by atoms with Crippen molar-refractivity contribution in [2.45, 2.75) is 24.2 Å². The molecule has 102 valence electrons. The van der Waals surface area contributed by atoms with Gasteiger partial charge in [-0.05, 0) is 18.1 Å². The Labute approximate surface area is 115 Å². The minimum Gasteiger partial charge on any atom is -0.374 e. The second-order valence-corrected chi connectivity index (χ2v) is 6.64. The average Bonchev–Trinajstić information content (AvgIpc) is 2.84. The molecule has 0 aliphatic rings. The van der Waals surface area contributed by atoms with Gasteiger partial charge in [-0.1, -0.05) is 24.3 Å². The Balaban J connectivity index is 2.14. The molecule has 0 aliphatic heterocycles. The fourth-order valence-electron chi connectivity index (χ4n) is 1.51. The number of nitrogens with one attached hydrogen (secondary N) is 1. The number of nitrogen functional groups attached to an aromatic ring is 1. The molecule has 3 N–H and O–H groups in total. The fraction of sp³-hybridized carbons (Fsp3) is 0.300. The summed E-state index contributed by atoms with van der Waals surface area (Å²) < 4.78 is 26.2. The molecule has 2 aromatic heterocycles. The lowest BCUT2D eigenvalue weighted by Crippen LogP contribution is -2.24. The van der Waals surface area contributed by atoms with Gasteiger partial charge in [-0.25, -0.2) is 13.1 Å². The van der Waals surface area contributed by atoms with E-state index in [-0.39, 0.29) is 16.0 Å². The molecule has 0 atom stereocenters. The number of anilines is 1. The molecule has 2 heterocycles. The van der Waals surface area contributed by atoms with Crippen LogP contribution in [0.2, 0.25) is 0 Å². The summed E-state index contributed by atoms with van der Waals surface area (Å²) in [5, 5.41) is 7.12. The van der Waals surface area contributed by atoms with Crippen molar-refractivity contribution in [3.05, 3.63) is 29.6 Å². The highest BCUT2D eigenvalue weighted by Crippen LogP contribution is 2.17. The van der Waals surface area contributed by atoms with Gasteiger partial charge < -0.3 is 5.73 Å². The monoisotopic (exact) mass is 299 g/mol. The highest BCUT2D eigenvalue weighted by Gasteiger charge is 2.19. The number of hydrogen-bond acceptors (Lipinski definition) is 7. The lowest BCUT2D eigenvalue weighted by atomic mass is 10.1. The van der Waals surface area contributed by atoms with Crippen LogP contribution in [0, 0.1) is 0 Å². The molecule has 0 aliphatic carbocycles. The lowest BCUT2D eigenvalue weighted by molar-refractivity contribution is 0.578. The van der Waals surface area contributed by atoms with Gasteiger partial charge >= 0.3 is 0 Å². The highest BCUT2D eigenvalue weighted by molar-refractivity contribution is 7.91. The van der Waals surface area contributed by atoms with E-state index in [9.17, 15) is 8.42 Å². The Morgan fingerprint density at radius 2 is 2.21 bits per heavy atom. The number of aromatic nitrogens is 3. The standard InChI is InChI=1S/C10H13N5O2S2/c1-2-7-4-3-5-12-8(7)6-13-19(16,17)10-15-14-9(11)18-10/h3-5,13H,2,6H2,1H3,(H2,11,14). The molecule has 2 rings (SSSR count). The van der Waals surface area contributed by atoms with Crippen molar-refractivity contribution in [2.24, 2.45) is 0 Å². The predicted molar refractivity (Wildman–Crippen MR) is 72.0 cm³/mol. The normalized spacial score (nSPS) is 11.6. The number of hydrogen-bond donors (Lipinski definition) is 2. The highest BCUT2D eigenvalue weighted by atomic mass is 32.2. The first-order chi connectivity index (χ1) is 9.03. The third-order valence-electron chi connectivity index (χ3n) is 2.45. The van der Waals surface area contributed by atoms with Crippen LogP contribution in [0.25, 0.3) is 0 Å². The molecule has 19 heavy (non-hydrogen) atoms. The molecule has 0 bridgehead atoms. The summed E-state index contributed by atoms with van der Waals surface area (Å²) in [6.45, 7) is 2.10. The largest absolute Gasteiger partial charge is 0.374 e. The molecule has 0 unspecified atom stereocenters. The van der Waals surface area contributed by atoms with Crippen LogP contribution in [0.5, 0.6) is 0 Å². The van der Waals surface area contributed by atoms with Crippen LogP contribution >= 0.6 is 11.3 Å². The van der Waals surface area contributed by atoms with E-state index in [1.165, 1.54) is 0 Å². The molecule has 0 amide bonds. The van der Waals surface area contributed by atoms with E-state index >= 15 is 0 Å². The second-order valence-electron chi connectivity index (χ2n) is 3.69. The number of aryl methyl sites for hydroxylation is 1. The molecular weight excluding hydrogens is 286 g/mol. The Hall–Kier alpha value is -1.58. The van der Waals surface area contributed by atoms with Crippen molar-refractivity contribution in [3.63, 3.8) is 0 Å². The van der Waals surface area contributed by atoms with Gasteiger partial charge in [-0.3, -0.25) is 4.98 Å². The molecule has 7 nitrogen and oxygen atoms in total. The molecule has 0 spiro atoms. The van der Waals surface area contributed by atoms with Crippen LogP contribution in [-0.4, -0.2) is 23.6 Å². The van der Waals surface area contributed by atoms with Crippen molar-refractivity contribution in [3.8, 4) is 0 Å². The zero-order valence-corrected chi connectivity index (χ0v) is 11.8. The number of pyridine rings is 1. The Morgan fingerprint density at radius 3 is 2.84 bits per heavy atom. The topological polar surface area (TPSA) is 111 Å². The van der Waals surface area contributed by atoms with Gasteiger partial charge in [-0.2, -0.15) is 0 Å². The van der Waals surface area contributed by atoms with Gasteiger partial charge in [0.25, 0.3) is 10.0 Å². The zero-order chi connectivity index (χ0) is 13.9. The van der Waals surface area contributed by atoms with E-state index in [0.717, 1.165) is 23.3 Å². The van der Waals surface area contributed by atoms with Gasteiger partial charge in [0.1, 0.15) is 0 Å². The van der Waals surface area contributed by atoms with E-state index in [1.54, 1.807) is 6.20 Å². The van der Waals surface area contributed by atoms with Crippen molar-refractivity contribution in [1.29, 1.82) is 0 Å². The smallest absolute Gasteiger partial charge is 0.270 e. The third-order valence-corrected chi connectivity index (χ3v) is 4.97. The van der Waals surface area contributed by atoms with Crippen LogP contribution in [0.3, 0.4) is 0 Å². The van der Waals surface area contributed by atoms with Crippen molar-refractivity contribution < 1.29 is 8.42 Å². The van der Waals surface area contributed by atoms with Crippen molar-refractivity contribution in [1.82, 2.24) is 19.9 Å². The molecule has 2 aromatic rings. The van der Waals surface area contributed by atoms with E-state index < -0.39 is 10.0 Å². The molecule has 0 radical (unpaired) electrons. The quantitative estimate of drug-likeness (QED) is 0.834. The van der Waals surface area contributed by atoms with E-state index in [4.69, 9.17) is 5.73 Å². The van der Waals surface area contributed by atoms with Crippen LogP contribution in [0.1, 0.15) is 18.2 Å². The first-order valence-electron chi connectivity index (χ1n) is 5.54. The van der Waals surface area contributed by atoms with Gasteiger partial charge in [0.05, 0.1) is 12.2 Å². The van der Waals surface area contributed by atoms with Gasteiger partial charge in [-0.15, -0.1) is 10.2 Å². The van der Waals surface area contributed by atoms with E-state index in [2.05, 4.69) is 19.9 Å². The number of nitrogens with zero attached hydrogens (tertiary/aromatic N) is 3. The Kier molecular flexibility index (Phi) is 4.08. The number of nitrogens with two attached hydrogens (primary N) is 1. The molecular formula is C10H13N5O2S2. The molecule has 0 fully saturated rings. The third kappa shape index (κ3) is 3.25. The summed E-state index contributed by atoms with van der Waals surface area (Å²) >= 11 is 0.824. The summed E-state index contributed by atoms with van der Waals surface area (Å²) in [6.07, 6.45) is 2.42. The first-order valence-corrected chi connectivity index (χ1v) is 7.84. The Bertz CT molecular complexity index is 668. The molecule has 0 saturated heterocycles. The summed E-state index contributed by atoms with van der Waals surface area (Å²) in [5.41, 5.74) is 7.07. The lowest BCUT2D eigenvalue weighted by Gasteiger charge is -2.07. The number of rotatable bonds is 5. The predicted octanol–water partition coefficient (Wildman–Crippen LogP) is 0.556. The SMILES string of the molecule is CCc1cccnc1CNS(=O)(=O)c1nnc(N)s1. The van der Waals surface area contributed by atoms with Gasteiger partial charge in [0.2, 0.25) is 9.47 Å². The first kappa shape index (κ1) is 13.8. The van der Waals surface area contributed by atoms with Crippen molar-refractivity contribution >= 4 is 26.5 Å². The molecule has 9 heteroatoms. The van der Waals surface area contributed by atoms with Crippen LogP contribution in [0.15, 0.2) is 22.7 Å². The summed E-state index contributed by atoms with van der Waals surface area (Å²) in [4.78, 5) is 4.17. The fourth-order valence-corrected chi connectivity index (χ4v) is 3.32. The Morgan fingerprint density at radius 1 is 1.42 bits per heavy atom. The minimum absolute atomic E-state index is 0.117. The summed E-state index contributed by atoms with van der Waals surface area (Å²) in [5.74, 6) is 0. The molecule has 0 aromatic carbocycles. The number of sulfonamides is 1. The van der Waals surface area contributed by atoms with Crippen molar-refractivity contribution in [2.75, 3.05) is 5.73 Å². The van der Waals surface area contributed by atoms with Gasteiger partial charge in [0, 0.05) is 6.20 Å². The maximum Gasteiger partial charge on any atom is 0.270 e. The van der Waals surface area contributed by atoms with Gasteiger partial charge in [0.15, 0.2) is 0 Å². The maximum absolute atomic E-state index is 11.9. The van der Waals surface area contributed by atoms with Crippen LogP contribution < -0.4 is 10.5 Å². The summed E-state index contributed by atoms with van der Waals surface area (Å²) in [6, 6.07) is 3.74. The second kappa shape index (κ2) is 5.59. The molecule has 0 saturated carbocycles. The maximum atomic E-state index is 11.9. The van der Waals surface area contributed by atoms with E-state index in [1.807, 2.05) is 19.1 Å². The average molecular weight is 299 g/mol.